The molecule has 1 heterocycles. The first-order chi connectivity index (χ1) is 15.4. The van der Waals surface area contributed by atoms with Gasteiger partial charge in [-0.25, -0.2) is 4.90 Å². The molecule has 9 heteroatoms. The quantitative estimate of drug-likeness (QED) is 0.641. The van der Waals surface area contributed by atoms with Crippen molar-refractivity contribution < 1.29 is 33.1 Å². The van der Waals surface area contributed by atoms with Crippen molar-refractivity contribution >= 4 is 23.3 Å². The Morgan fingerprint density at radius 1 is 1.03 bits per heavy atom. The molecule has 0 spiro atoms. The third-order valence-electron chi connectivity index (χ3n) is 5.10. The van der Waals surface area contributed by atoms with Gasteiger partial charge < -0.3 is 23.5 Å². The minimum atomic E-state index is -0.485. The minimum Gasteiger partial charge on any atom is -0.493 e. The number of imide groups is 1. The highest BCUT2D eigenvalue weighted by Crippen LogP contribution is 2.45. The number of rotatable bonds is 7. The Balaban J connectivity index is 2.26. The molecule has 0 N–H and O–H groups in total. The molecule has 1 aromatic carbocycles. The second-order valence-electron chi connectivity index (χ2n) is 7.03. The van der Waals surface area contributed by atoms with Gasteiger partial charge in [0, 0.05) is 26.5 Å². The molecule has 0 bridgehead atoms. The van der Waals surface area contributed by atoms with Crippen LogP contribution in [-0.2, 0) is 14.3 Å². The molecule has 0 fully saturated rings. The van der Waals surface area contributed by atoms with Crippen molar-refractivity contribution in [2.75, 3.05) is 33.3 Å². The molecular weight excluding hydrogens is 416 g/mol. The van der Waals surface area contributed by atoms with Crippen LogP contribution in [-0.4, -0.2) is 51.5 Å². The Morgan fingerprint density at radius 2 is 1.66 bits per heavy atom. The predicted octanol–water partition coefficient (Wildman–Crippen LogP) is 3.63. The van der Waals surface area contributed by atoms with Crippen LogP contribution in [0.15, 0.2) is 34.9 Å². The lowest BCUT2D eigenvalue weighted by molar-refractivity contribution is -0.124. The van der Waals surface area contributed by atoms with E-state index >= 15 is 0 Å². The number of hydrogen-bond acceptors (Lipinski definition) is 8. The Morgan fingerprint density at radius 3 is 2.09 bits per heavy atom. The number of benzene rings is 1. The zero-order valence-electron chi connectivity index (χ0n) is 18.9. The first-order valence-electron chi connectivity index (χ1n) is 9.89. The summed E-state index contributed by atoms with van der Waals surface area (Å²) in [6, 6.07) is 3.45. The molecule has 2 aromatic rings. The molecule has 170 valence electrons. The Hall–Kier alpha value is -3.59. The third-order valence-corrected chi connectivity index (χ3v) is 5.10. The van der Waals surface area contributed by atoms with Crippen LogP contribution in [0.5, 0.6) is 17.2 Å². The maximum atomic E-state index is 12.3. The lowest BCUT2D eigenvalue weighted by Crippen LogP contribution is -2.33. The van der Waals surface area contributed by atoms with Crippen LogP contribution < -0.4 is 19.1 Å². The van der Waals surface area contributed by atoms with Crippen molar-refractivity contribution in [2.24, 2.45) is 0 Å². The average Bonchev–Trinajstić information content (AvgIpc) is 3.21. The highest BCUT2D eigenvalue weighted by atomic mass is 16.5. The maximum Gasteiger partial charge on any atom is 0.249 e. The highest BCUT2D eigenvalue weighted by molar-refractivity contribution is 6.14. The van der Waals surface area contributed by atoms with Crippen LogP contribution in [0.1, 0.15) is 25.8 Å². The lowest BCUT2D eigenvalue weighted by Gasteiger charge is -2.19. The molecule has 0 saturated carbocycles. The molecule has 1 aromatic heterocycles. The van der Waals surface area contributed by atoms with Gasteiger partial charge in [-0.3, -0.25) is 9.59 Å². The van der Waals surface area contributed by atoms with Gasteiger partial charge in [0.1, 0.15) is 5.69 Å². The van der Waals surface area contributed by atoms with Gasteiger partial charge in [0.15, 0.2) is 11.5 Å². The van der Waals surface area contributed by atoms with Crippen LogP contribution in [0.4, 0.5) is 5.88 Å². The van der Waals surface area contributed by atoms with Crippen LogP contribution in [0.2, 0.25) is 0 Å². The van der Waals surface area contributed by atoms with Crippen molar-refractivity contribution in [3.05, 3.63) is 35.9 Å². The van der Waals surface area contributed by atoms with E-state index in [4.69, 9.17) is 23.5 Å². The summed E-state index contributed by atoms with van der Waals surface area (Å²) in [7, 11) is 6.18. The SMILES string of the molecule is COc1cc(-c2noc(N(C(C)=O)C(C)=O)c2C2=CCC(OC)C=C2)cc(OC)c1OC. The Bertz CT molecular complexity index is 1050. The fourth-order valence-electron chi connectivity index (χ4n) is 3.58. The molecular formula is C23H26N2O7. The molecule has 1 aliphatic rings. The number of nitrogens with zero attached hydrogens (tertiary/aromatic N) is 2. The second-order valence-corrected chi connectivity index (χ2v) is 7.03. The zero-order chi connectivity index (χ0) is 23.4. The van der Waals surface area contributed by atoms with E-state index in [1.807, 2.05) is 18.2 Å². The second kappa shape index (κ2) is 9.69. The molecule has 0 aliphatic heterocycles. The number of methoxy groups -OCH3 is 4. The van der Waals surface area contributed by atoms with E-state index in [2.05, 4.69) is 5.16 Å². The summed E-state index contributed by atoms with van der Waals surface area (Å²) in [5.74, 6) is 0.362. The van der Waals surface area contributed by atoms with Gasteiger partial charge in [0.05, 0.1) is 33.0 Å². The van der Waals surface area contributed by atoms with Crippen LogP contribution in [0, 0.1) is 0 Å². The Kier molecular flexibility index (Phi) is 6.99. The molecule has 0 saturated heterocycles. The van der Waals surface area contributed by atoms with Crippen molar-refractivity contribution in [2.45, 2.75) is 26.4 Å². The number of allylic oxidation sites excluding steroid dienone is 2. The van der Waals surface area contributed by atoms with E-state index in [1.165, 1.54) is 35.2 Å². The molecule has 1 aliphatic carbocycles. The average molecular weight is 442 g/mol. The summed E-state index contributed by atoms with van der Waals surface area (Å²) in [6.45, 7) is 2.58. The molecule has 0 radical (unpaired) electrons. The van der Waals surface area contributed by atoms with E-state index in [-0.39, 0.29) is 12.0 Å². The minimum absolute atomic E-state index is 0.0421. The van der Waals surface area contributed by atoms with E-state index in [0.29, 0.717) is 40.5 Å². The van der Waals surface area contributed by atoms with Gasteiger partial charge in [-0.1, -0.05) is 23.4 Å². The molecule has 32 heavy (non-hydrogen) atoms. The molecule has 1 unspecified atom stereocenters. The van der Waals surface area contributed by atoms with Crippen molar-refractivity contribution in [3.63, 3.8) is 0 Å². The van der Waals surface area contributed by atoms with Crippen LogP contribution in [0.3, 0.4) is 0 Å². The maximum absolute atomic E-state index is 12.3. The van der Waals surface area contributed by atoms with Gasteiger partial charge in [-0.15, -0.1) is 0 Å². The van der Waals surface area contributed by atoms with Crippen LogP contribution in [0.25, 0.3) is 16.8 Å². The predicted molar refractivity (Wildman–Crippen MR) is 118 cm³/mol. The number of anilines is 1. The van der Waals surface area contributed by atoms with Gasteiger partial charge in [-0.2, -0.15) is 0 Å². The summed E-state index contributed by atoms with van der Waals surface area (Å²) in [5.41, 5.74) is 2.25. The zero-order valence-corrected chi connectivity index (χ0v) is 18.9. The number of ether oxygens (including phenoxy) is 4. The number of carbonyl (C=O) groups is 2. The van der Waals surface area contributed by atoms with Gasteiger partial charge in [0.2, 0.25) is 23.4 Å². The van der Waals surface area contributed by atoms with Crippen molar-refractivity contribution in [1.82, 2.24) is 5.16 Å². The first-order valence-corrected chi connectivity index (χ1v) is 9.89. The fourth-order valence-corrected chi connectivity index (χ4v) is 3.58. The van der Waals surface area contributed by atoms with E-state index in [9.17, 15) is 9.59 Å². The summed E-state index contributed by atoms with van der Waals surface area (Å²) in [6.07, 6.45) is 6.25. The fraction of sp³-hybridized carbons (Fsp3) is 0.348. The smallest absolute Gasteiger partial charge is 0.249 e. The molecule has 9 nitrogen and oxygen atoms in total. The summed E-state index contributed by atoms with van der Waals surface area (Å²) < 4.78 is 27.3. The Labute approximate surface area is 186 Å². The van der Waals surface area contributed by atoms with E-state index in [0.717, 1.165) is 10.5 Å². The third kappa shape index (κ3) is 4.24. The van der Waals surface area contributed by atoms with Crippen molar-refractivity contribution in [1.29, 1.82) is 0 Å². The van der Waals surface area contributed by atoms with Gasteiger partial charge in [0.25, 0.3) is 0 Å². The first kappa shape index (κ1) is 23.1. The van der Waals surface area contributed by atoms with Crippen LogP contribution >= 0.6 is 0 Å². The van der Waals surface area contributed by atoms with Gasteiger partial charge in [-0.05, 0) is 24.1 Å². The molecule has 3 rings (SSSR count). The topological polar surface area (TPSA) is 100 Å². The molecule has 1 atom stereocenters. The summed E-state index contributed by atoms with van der Waals surface area (Å²) in [5, 5.41) is 4.21. The van der Waals surface area contributed by atoms with E-state index < -0.39 is 11.8 Å². The molecule has 2 amide bonds. The summed E-state index contributed by atoms with van der Waals surface area (Å²) >= 11 is 0. The van der Waals surface area contributed by atoms with E-state index in [1.54, 1.807) is 19.2 Å². The standard InChI is InChI=1S/C23H26N2O7/c1-13(26)25(14(2)27)23-20(15-7-9-17(28-3)10-8-15)21(24-32-23)16-11-18(29-4)22(31-6)19(12-16)30-5/h7-9,11-12,17H,10H2,1-6H3. The largest absolute Gasteiger partial charge is 0.493 e. The number of carbonyl (C=O) groups excluding carboxylic acids is 2. The highest BCUT2D eigenvalue weighted by Gasteiger charge is 2.31. The van der Waals surface area contributed by atoms with Crippen molar-refractivity contribution in [3.8, 4) is 28.5 Å². The number of hydrogen-bond donors (Lipinski definition) is 0. The normalized spacial score (nSPS) is 15.2. The monoisotopic (exact) mass is 442 g/mol. The number of amides is 2. The van der Waals surface area contributed by atoms with Gasteiger partial charge >= 0.3 is 0 Å². The number of aromatic nitrogens is 1. The lowest BCUT2D eigenvalue weighted by atomic mass is 9.95. The summed E-state index contributed by atoms with van der Waals surface area (Å²) in [4.78, 5) is 25.5.